The van der Waals surface area contributed by atoms with Gasteiger partial charge in [0.15, 0.2) is 6.29 Å². The van der Waals surface area contributed by atoms with E-state index in [4.69, 9.17) is 32.8 Å². The molecule has 0 amide bonds. The van der Waals surface area contributed by atoms with E-state index in [1.54, 1.807) is 6.92 Å². The average Bonchev–Trinajstić information content (AvgIpc) is 2.99. The highest BCUT2D eigenvalue weighted by atomic mass is 16.7. The molecule has 2 aliphatic heterocycles. The molecule has 2 aliphatic rings. The van der Waals surface area contributed by atoms with E-state index in [2.05, 4.69) is 0 Å². The van der Waals surface area contributed by atoms with E-state index in [-0.39, 0.29) is 44.6 Å². The Kier molecular flexibility index (Phi) is 9.20. The van der Waals surface area contributed by atoms with Gasteiger partial charge in [-0.05, 0) is 19.1 Å². The van der Waals surface area contributed by atoms with E-state index in [1.807, 2.05) is 0 Å². The fraction of sp³-hybridized carbons (Fsp3) is 0.536. The Morgan fingerprint density at radius 3 is 2.02 bits per heavy atom. The van der Waals surface area contributed by atoms with Crippen LogP contribution in [0.3, 0.4) is 0 Å². The minimum atomic E-state index is -1.84. The van der Waals surface area contributed by atoms with Gasteiger partial charge < -0.3 is 73.7 Å². The molecule has 0 saturated carbocycles. The van der Waals surface area contributed by atoms with Gasteiger partial charge in [0.05, 0.1) is 32.8 Å². The van der Waals surface area contributed by atoms with Crippen LogP contribution in [-0.2, 0) is 14.2 Å². The minimum absolute atomic E-state index is 0.0446. The molecule has 3 heterocycles. The molecule has 2 saturated heterocycles. The fourth-order valence-electron chi connectivity index (χ4n) is 5.40. The van der Waals surface area contributed by atoms with Gasteiger partial charge >= 0.3 is 5.63 Å². The number of hydrogen-bond donors (Lipinski definition) is 8. The van der Waals surface area contributed by atoms with Crippen molar-refractivity contribution in [3.63, 3.8) is 0 Å². The zero-order valence-corrected chi connectivity index (χ0v) is 23.8. The fourth-order valence-corrected chi connectivity index (χ4v) is 5.40. The summed E-state index contributed by atoms with van der Waals surface area (Å²) >= 11 is 0. The smallest absolute Gasteiger partial charge is 0.347 e. The lowest BCUT2D eigenvalue weighted by molar-refractivity contribution is -0.323. The van der Waals surface area contributed by atoms with Crippen molar-refractivity contribution in [3.8, 4) is 23.0 Å². The number of aromatic hydroxyl groups is 1. The van der Waals surface area contributed by atoms with Gasteiger partial charge in [-0.25, -0.2) is 4.79 Å². The van der Waals surface area contributed by atoms with Crippen LogP contribution >= 0.6 is 0 Å². The van der Waals surface area contributed by atoms with Crippen LogP contribution in [0.15, 0.2) is 27.4 Å². The first-order valence-corrected chi connectivity index (χ1v) is 13.5. The summed E-state index contributed by atoms with van der Waals surface area (Å²) in [6.07, 6.45) is -16.5. The number of ether oxygens (including phenoxy) is 6. The monoisotopic (exact) mass is 626 g/mol. The molecule has 0 spiro atoms. The zero-order valence-electron chi connectivity index (χ0n) is 23.8. The molecule has 0 bridgehead atoms. The lowest BCUT2D eigenvalue weighted by atomic mass is 9.98. The van der Waals surface area contributed by atoms with Crippen molar-refractivity contribution in [3.05, 3.63) is 34.4 Å². The number of methoxy groups -OCH3 is 2. The summed E-state index contributed by atoms with van der Waals surface area (Å²) < 4.78 is 38.5. The van der Waals surface area contributed by atoms with E-state index in [1.165, 1.54) is 32.4 Å². The van der Waals surface area contributed by atoms with Crippen LogP contribution in [0.25, 0.3) is 21.5 Å². The Morgan fingerprint density at radius 1 is 0.773 bits per heavy atom. The first-order chi connectivity index (χ1) is 20.9. The van der Waals surface area contributed by atoms with Crippen molar-refractivity contribution in [1.82, 2.24) is 0 Å². The predicted octanol–water partition coefficient (Wildman–Crippen LogP) is -2.02. The van der Waals surface area contributed by atoms with Gasteiger partial charge in [0.25, 0.3) is 0 Å². The predicted molar refractivity (Wildman–Crippen MR) is 147 cm³/mol. The number of phenolic OH excluding ortho intramolecular Hbond substituents is 1. The minimum Gasteiger partial charge on any atom is -0.506 e. The highest BCUT2D eigenvalue weighted by Gasteiger charge is 2.48. The van der Waals surface area contributed by atoms with Crippen LogP contribution in [0.5, 0.6) is 23.0 Å². The summed E-state index contributed by atoms with van der Waals surface area (Å²) in [5.74, 6) is -0.0347. The van der Waals surface area contributed by atoms with E-state index >= 15 is 0 Å². The Bertz CT molecular complexity index is 1550. The van der Waals surface area contributed by atoms with E-state index in [9.17, 15) is 45.6 Å². The first-order valence-electron chi connectivity index (χ1n) is 13.5. The third-order valence-electron chi connectivity index (χ3n) is 7.74. The molecule has 10 atom stereocenters. The maximum absolute atomic E-state index is 12.8. The molecule has 16 heteroatoms. The molecule has 0 aliphatic carbocycles. The van der Waals surface area contributed by atoms with Gasteiger partial charge in [0.2, 0.25) is 6.29 Å². The second kappa shape index (κ2) is 12.6. The molecule has 5 rings (SSSR count). The highest BCUT2D eigenvalue weighted by molar-refractivity contribution is 6.13. The normalized spacial score (nSPS) is 32.6. The van der Waals surface area contributed by atoms with Gasteiger partial charge in [-0.3, -0.25) is 0 Å². The molecule has 242 valence electrons. The van der Waals surface area contributed by atoms with Gasteiger partial charge in [-0.2, -0.15) is 0 Å². The molecule has 3 aromatic rings. The zero-order chi connectivity index (χ0) is 32.0. The number of aryl methyl sites for hydroxylation is 1. The van der Waals surface area contributed by atoms with Crippen LogP contribution in [0, 0.1) is 6.92 Å². The van der Waals surface area contributed by atoms with Crippen molar-refractivity contribution in [2.75, 3.05) is 27.4 Å². The number of fused-ring (bicyclic) bond motifs is 2. The van der Waals surface area contributed by atoms with Gasteiger partial charge in [0.1, 0.15) is 83.0 Å². The maximum atomic E-state index is 12.8. The third-order valence-corrected chi connectivity index (χ3v) is 7.74. The second-order valence-corrected chi connectivity index (χ2v) is 10.5. The largest absolute Gasteiger partial charge is 0.506 e. The van der Waals surface area contributed by atoms with E-state index < -0.39 is 86.0 Å². The highest BCUT2D eigenvalue weighted by Crippen LogP contribution is 2.47. The summed E-state index contributed by atoms with van der Waals surface area (Å²) in [4.78, 5) is 12.8. The molecular weight excluding hydrogens is 592 g/mol. The molecule has 2 fully saturated rings. The number of rotatable bonds is 8. The molecule has 8 N–H and O–H groups in total. The summed E-state index contributed by atoms with van der Waals surface area (Å²) in [5, 5.41) is 83.1. The molecular formula is C28H34O16. The van der Waals surface area contributed by atoms with E-state index in [0.29, 0.717) is 0 Å². The van der Waals surface area contributed by atoms with Crippen LogP contribution in [-0.4, -0.2) is 130 Å². The van der Waals surface area contributed by atoms with Crippen LogP contribution in [0.4, 0.5) is 0 Å². The molecule has 0 unspecified atom stereocenters. The topological polar surface area (TPSA) is 247 Å². The van der Waals surface area contributed by atoms with Crippen molar-refractivity contribution in [1.29, 1.82) is 0 Å². The average molecular weight is 627 g/mol. The summed E-state index contributed by atoms with van der Waals surface area (Å²) in [6, 6.07) is 4.37. The second-order valence-electron chi connectivity index (χ2n) is 10.5. The van der Waals surface area contributed by atoms with Crippen LogP contribution in [0.2, 0.25) is 0 Å². The third kappa shape index (κ3) is 5.54. The van der Waals surface area contributed by atoms with Crippen LogP contribution in [0.1, 0.15) is 5.76 Å². The molecule has 1 aromatic heterocycles. The molecule has 16 nitrogen and oxygen atoms in total. The van der Waals surface area contributed by atoms with Gasteiger partial charge in [0, 0.05) is 16.8 Å². The van der Waals surface area contributed by atoms with Gasteiger partial charge in [-0.15, -0.1) is 0 Å². The van der Waals surface area contributed by atoms with Crippen molar-refractivity contribution in [2.45, 2.75) is 68.3 Å². The Morgan fingerprint density at radius 2 is 1.39 bits per heavy atom. The standard InChI is InChI=1S/C28H34O16/c1-9-4-11-17(26(37)41-9)20(32)16-12(25(11)39-3)5-10(38-2)6-13(16)42-28-24(36)22(34)19(31)15(44-28)8-40-27-23(35)21(33)18(30)14(7-29)43-27/h4-6,14-15,18-19,21-24,27-36H,7-8H2,1-3H3/t14-,15-,18-,19-,21+,22+,23-,24-,27-,28-/m1/s1. The summed E-state index contributed by atoms with van der Waals surface area (Å²) in [6.45, 7) is 0.272. The SMILES string of the molecule is COc1cc(O[C@@H]2O[C@H](CO[C@@H]3O[C@H](CO)[C@@H](O)[C@H](O)[C@H]3O)[C@@H](O)[C@H](O)[C@H]2O)c2c(O)c3c(=O)oc(C)cc3c(OC)c2c1. The molecule has 2 aromatic carbocycles. The van der Waals surface area contributed by atoms with E-state index in [0.717, 1.165) is 0 Å². The molecule has 0 radical (unpaired) electrons. The lowest BCUT2D eigenvalue weighted by Gasteiger charge is -2.42. The Labute approximate surface area is 248 Å². The summed E-state index contributed by atoms with van der Waals surface area (Å²) in [5.41, 5.74) is -0.850. The number of hydrogen-bond acceptors (Lipinski definition) is 16. The van der Waals surface area contributed by atoms with Crippen molar-refractivity contribution in [2.24, 2.45) is 0 Å². The number of aliphatic hydroxyl groups is 7. The van der Waals surface area contributed by atoms with Crippen LogP contribution < -0.4 is 19.8 Å². The molecule has 44 heavy (non-hydrogen) atoms. The Balaban J connectivity index is 1.48. The van der Waals surface area contributed by atoms with Crippen molar-refractivity contribution >= 4 is 21.5 Å². The lowest BCUT2D eigenvalue weighted by Crippen LogP contribution is -2.62. The van der Waals surface area contributed by atoms with Crippen molar-refractivity contribution < 1.29 is 73.7 Å². The quantitative estimate of drug-likeness (QED) is 0.126. The summed E-state index contributed by atoms with van der Waals surface area (Å²) in [7, 11) is 2.73. The Hall–Kier alpha value is -3.29. The first kappa shape index (κ1) is 32.1. The number of benzene rings is 2. The number of aliphatic hydroxyl groups excluding tert-OH is 7. The van der Waals surface area contributed by atoms with Gasteiger partial charge in [-0.1, -0.05) is 0 Å². The maximum Gasteiger partial charge on any atom is 0.347 e. The number of phenols is 1.